The van der Waals surface area contributed by atoms with Gasteiger partial charge in [0.25, 0.3) is 5.69 Å². The summed E-state index contributed by atoms with van der Waals surface area (Å²) in [5.41, 5.74) is 6.20. The van der Waals surface area contributed by atoms with E-state index in [9.17, 15) is 10.1 Å². The molecule has 0 amide bonds. The van der Waals surface area contributed by atoms with Gasteiger partial charge in [0.1, 0.15) is 5.69 Å². The summed E-state index contributed by atoms with van der Waals surface area (Å²) in [6, 6.07) is 12.8. The van der Waals surface area contributed by atoms with Crippen LogP contribution in [0.5, 0.6) is 0 Å². The fraction of sp³-hybridized carbons (Fsp3) is 0.188. The SMILES string of the molecule is Cc1ccccc1N/N=C\c1ccc(N(C)C)c([N+](=O)[O-])c1. The highest BCUT2D eigenvalue weighted by Crippen LogP contribution is 2.27. The number of rotatable bonds is 5. The Morgan fingerprint density at radius 1 is 1.23 bits per heavy atom. The van der Waals surface area contributed by atoms with Crippen LogP contribution in [0.2, 0.25) is 0 Å². The van der Waals surface area contributed by atoms with Crippen molar-refractivity contribution in [3.05, 3.63) is 63.7 Å². The summed E-state index contributed by atoms with van der Waals surface area (Å²) >= 11 is 0. The van der Waals surface area contributed by atoms with Gasteiger partial charge in [0, 0.05) is 25.7 Å². The third-order valence-electron chi connectivity index (χ3n) is 3.22. The number of para-hydroxylation sites is 1. The van der Waals surface area contributed by atoms with Crippen LogP contribution in [0.15, 0.2) is 47.6 Å². The molecule has 1 N–H and O–H groups in total. The minimum absolute atomic E-state index is 0.0600. The quantitative estimate of drug-likeness (QED) is 0.521. The van der Waals surface area contributed by atoms with Gasteiger partial charge < -0.3 is 4.90 Å². The van der Waals surface area contributed by atoms with Gasteiger partial charge in [-0.15, -0.1) is 0 Å². The summed E-state index contributed by atoms with van der Waals surface area (Å²) in [6.07, 6.45) is 1.57. The lowest BCUT2D eigenvalue weighted by atomic mass is 10.2. The molecule has 0 bridgehead atoms. The van der Waals surface area contributed by atoms with Crippen LogP contribution in [0.25, 0.3) is 0 Å². The molecule has 0 aliphatic rings. The summed E-state index contributed by atoms with van der Waals surface area (Å²) in [5.74, 6) is 0. The summed E-state index contributed by atoms with van der Waals surface area (Å²) in [7, 11) is 3.55. The molecule has 6 heteroatoms. The summed E-state index contributed by atoms with van der Waals surface area (Å²) < 4.78 is 0. The van der Waals surface area contributed by atoms with Gasteiger partial charge in [-0.3, -0.25) is 15.5 Å². The maximum Gasteiger partial charge on any atom is 0.293 e. The minimum Gasteiger partial charge on any atom is -0.372 e. The van der Waals surface area contributed by atoms with Crippen molar-refractivity contribution in [1.82, 2.24) is 0 Å². The number of aryl methyl sites for hydroxylation is 1. The van der Waals surface area contributed by atoms with Crippen LogP contribution in [0.1, 0.15) is 11.1 Å². The second-order valence-electron chi connectivity index (χ2n) is 5.08. The molecule has 22 heavy (non-hydrogen) atoms. The van der Waals surface area contributed by atoms with Crippen molar-refractivity contribution in [3.63, 3.8) is 0 Å². The predicted octanol–water partition coefficient (Wildman–Crippen LogP) is 3.42. The minimum atomic E-state index is -0.387. The molecule has 0 radical (unpaired) electrons. The first-order valence-corrected chi connectivity index (χ1v) is 6.79. The van der Waals surface area contributed by atoms with E-state index in [-0.39, 0.29) is 10.6 Å². The highest BCUT2D eigenvalue weighted by molar-refractivity contribution is 5.83. The Labute approximate surface area is 129 Å². The fourth-order valence-corrected chi connectivity index (χ4v) is 2.02. The Balaban J connectivity index is 2.20. The molecule has 0 spiro atoms. The Morgan fingerprint density at radius 3 is 2.59 bits per heavy atom. The number of benzene rings is 2. The third-order valence-corrected chi connectivity index (χ3v) is 3.22. The van der Waals surface area contributed by atoms with Crippen molar-refractivity contribution >= 4 is 23.3 Å². The first-order valence-electron chi connectivity index (χ1n) is 6.79. The molecule has 6 nitrogen and oxygen atoms in total. The van der Waals surface area contributed by atoms with E-state index in [1.807, 2.05) is 31.2 Å². The summed E-state index contributed by atoms with van der Waals surface area (Å²) in [4.78, 5) is 12.5. The van der Waals surface area contributed by atoms with Gasteiger partial charge in [0.15, 0.2) is 0 Å². The molecule has 0 heterocycles. The molecule has 2 aromatic carbocycles. The van der Waals surface area contributed by atoms with Crippen LogP contribution >= 0.6 is 0 Å². The van der Waals surface area contributed by atoms with Crippen molar-refractivity contribution in [1.29, 1.82) is 0 Å². The Morgan fingerprint density at radius 2 is 1.95 bits per heavy atom. The maximum atomic E-state index is 11.1. The first kappa shape index (κ1) is 15.5. The second-order valence-corrected chi connectivity index (χ2v) is 5.08. The van der Waals surface area contributed by atoms with E-state index in [0.717, 1.165) is 11.3 Å². The van der Waals surface area contributed by atoms with Crippen LogP contribution in [-0.2, 0) is 0 Å². The normalized spacial score (nSPS) is 10.7. The van der Waals surface area contributed by atoms with Gasteiger partial charge in [0.2, 0.25) is 0 Å². The number of hydrogen-bond donors (Lipinski definition) is 1. The lowest BCUT2D eigenvalue weighted by Crippen LogP contribution is -2.11. The molecule has 0 aliphatic carbocycles. The van der Waals surface area contributed by atoms with E-state index in [4.69, 9.17) is 0 Å². The Kier molecular flexibility index (Phi) is 4.73. The molecule has 0 saturated carbocycles. The average molecular weight is 298 g/mol. The zero-order chi connectivity index (χ0) is 16.1. The van der Waals surface area contributed by atoms with Crippen molar-refractivity contribution in [3.8, 4) is 0 Å². The molecule has 114 valence electrons. The smallest absolute Gasteiger partial charge is 0.293 e. The van der Waals surface area contributed by atoms with Gasteiger partial charge in [-0.1, -0.05) is 24.3 Å². The van der Waals surface area contributed by atoms with E-state index < -0.39 is 0 Å². The molecule has 0 fully saturated rings. The van der Waals surface area contributed by atoms with E-state index >= 15 is 0 Å². The average Bonchev–Trinajstić information content (AvgIpc) is 2.49. The van der Waals surface area contributed by atoms with Gasteiger partial charge in [-0.2, -0.15) is 5.10 Å². The third kappa shape index (κ3) is 3.60. The molecule has 0 unspecified atom stereocenters. The zero-order valence-electron chi connectivity index (χ0n) is 12.8. The van der Waals surface area contributed by atoms with E-state index in [1.54, 1.807) is 37.3 Å². The van der Waals surface area contributed by atoms with Crippen LogP contribution < -0.4 is 10.3 Å². The van der Waals surface area contributed by atoms with E-state index in [1.165, 1.54) is 6.07 Å². The van der Waals surface area contributed by atoms with E-state index in [2.05, 4.69) is 10.5 Å². The largest absolute Gasteiger partial charge is 0.372 e. The molecule has 0 aliphatic heterocycles. The predicted molar refractivity (Wildman–Crippen MR) is 89.8 cm³/mol. The number of anilines is 2. The van der Waals surface area contributed by atoms with Crippen LogP contribution in [0, 0.1) is 17.0 Å². The highest BCUT2D eigenvalue weighted by atomic mass is 16.6. The van der Waals surface area contributed by atoms with Crippen LogP contribution in [-0.4, -0.2) is 25.2 Å². The molecule has 2 aromatic rings. The van der Waals surface area contributed by atoms with Crippen LogP contribution in [0.3, 0.4) is 0 Å². The fourth-order valence-electron chi connectivity index (χ4n) is 2.02. The molecular weight excluding hydrogens is 280 g/mol. The molecule has 0 aromatic heterocycles. The van der Waals surface area contributed by atoms with Crippen molar-refractivity contribution in [2.45, 2.75) is 6.92 Å². The molecule has 2 rings (SSSR count). The standard InChI is InChI=1S/C16H18N4O2/c1-12-6-4-5-7-14(12)18-17-11-13-8-9-15(19(2)3)16(10-13)20(21)22/h4-11,18H,1-3H3/b17-11-. The lowest BCUT2D eigenvalue weighted by Gasteiger charge is -2.12. The monoisotopic (exact) mass is 298 g/mol. The van der Waals surface area contributed by atoms with Gasteiger partial charge in [0.05, 0.1) is 16.8 Å². The van der Waals surface area contributed by atoms with Crippen molar-refractivity contribution < 1.29 is 4.92 Å². The molecule has 0 atom stereocenters. The number of nitrogens with zero attached hydrogens (tertiary/aromatic N) is 3. The number of hydrazone groups is 1. The Bertz CT molecular complexity index is 711. The zero-order valence-corrected chi connectivity index (χ0v) is 12.8. The maximum absolute atomic E-state index is 11.1. The highest BCUT2D eigenvalue weighted by Gasteiger charge is 2.15. The number of nitrogens with one attached hydrogen (secondary N) is 1. The van der Waals surface area contributed by atoms with Crippen molar-refractivity contribution in [2.24, 2.45) is 5.10 Å². The molecule has 0 saturated heterocycles. The lowest BCUT2D eigenvalue weighted by molar-refractivity contribution is -0.384. The van der Waals surface area contributed by atoms with Crippen LogP contribution in [0.4, 0.5) is 17.1 Å². The van der Waals surface area contributed by atoms with E-state index in [0.29, 0.717) is 11.3 Å². The second kappa shape index (κ2) is 6.71. The number of nitro benzene ring substituents is 1. The number of hydrogen-bond acceptors (Lipinski definition) is 5. The van der Waals surface area contributed by atoms with Crippen molar-refractivity contribution in [2.75, 3.05) is 24.4 Å². The number of nitro groups is 1. The van der Waals surface area contributed by atoms with Gasteiger partial charge in [-0.05, 0) is 24.6 Å². The summed E-state index contributed by atoms with van der Waals surface area (Å²) in [5, 5.41) is 15.3. The molecular formula is C16H18N4O2. The van der Waals surface area contributed by atoms with Gasteiger partial charge in [-0.25, -0.2) is 0 Å². The summed E-state index contributed by atoms with van der Waals surface area (Å²) in [6.45, 7) is 1.98. The topological polar surface area (TPSA) is 70.8 Å². The Hall–Kier alpha value is -2.89. The van der Waals surface area contributed by atoms with Gasteiger partial charge >= 0.3 is 0 Å². The first-order chi connectivity index (χ1) is 10.5.